The van der Waals surface area contributed by atoms with Crippen LogP contribution in [-0.2, 0) is 15.1 Å². The van der Waals surface area contributed by atoms with Gasteiger partial charge in [0.1, 0.15) is 11.5 Å². The molecule has 38 heavy (non-hydrogen) atoms. The lowest BCUT2D eigenvalue weighted by Gasteiger charge is -2.41. The Morgan fingerprint density at radius 1 is 1.21 bits per heavy atom. The van der Waals surface area contributed by atoms with Gasteiger partial charge in [-0.1, -0.05) is 42.5 Å². The van der Waals surface area contributed by atoms with E-state index in [1.54, 1.807) is 31.2 Å². The number of benzene rings is 2. The molecule has 1 aliphatic carbocycles. The summed E-state index contributed by atoms with van der Waals surface area (Å²) in [7, 11) is 3.54. The van der Waals surface area contributed by atoms with Crippen LogP contribution in [0.2, 0.25) is 0 Å². The summed E-state index contributed by atoms with van der Waals surface area (Å²) >= 11 is 0. The van der Waals surface area contributed by atoms with Crippen LogP contribution in [0.3, 0.4) is 0 Å². The highest BCUT2D eigenvalue weighted by Crippen LogP contribution is 2.68. The van der Waals surface area contributed by atoms with Crippen LogP contribution in [0.15, 0.2) is 82.9 Å². The molecule has 2 fully saturated rings. The summed E-state index contributed by atoms with van der Waals surface area (Å²) in [6, 6.07) is 19.0. The smallest absolute Gasteiger partial charge is 0.177 e. The minimum absolute atomic E-state index is 0.178. The zero-order valence-corrected chi connectivity index (χ0v) is 23.0. The zero-order chi connectivity index (χ0) is 27.9. The maximum absolute atomic E-state index is 12.9. The van der Waals surface area contributed by atoms with E-state index in [1.165, 1.54) is 13.3 Å². The maximum atomic E-state index is 12.9. The van der Waals surface area contributed by atoms with E-state index >= 15 is 0 Å². The zero-order valence-electron chi connectivity index (χ0n) is 23.0. The summed E-state index contributed by atoms with van der Waals surface area (Å²) < 4.78 is 12.5. The summed E-state index contributed by atoms with van der Waals surface area (Å²) in [4.78, 5) is 6.13. The highest BCUT2D eigenvalue weighted by atomic mass is 16.5. The number of nitriles is 1. The number of aliphatic imine (C=N–C) groups is 1. The molecule has 0 unspecified atom stereocenters. The van der Waals surface area contributed by atoms with E-state index in [4.69, 9.17) is 9.47 Å². The summed E-state index contributed by atoms with van der Waals surface area (Å²) in [5.74, 6) is -0.209. The van der Waals surface area contributed by atoms with Crippen molar-refractivity contribution in [3.05, 3.63) is 94.6 Å². The normalized spacial score (nSPS) is 31.1. The number of aliphatic hydroxyl groups excluding tert-OH is 1. The fourth-order valence-electron chi connectivity index (χ4n) is 6.04. The molecule has 0 radical (unpaired) electrons. The molecular weight excluding hydrogens is 478 g/mol. The van der Waals surface area contributed by atoms with Gasteiger partial charge < -0.3 is 24.6 Å². The van der Waals surface area contributed by atoms with E-state index in [0.717, 1.165) is 5.56 Å². The van der Waals surface area contributed by atoms with Gasteiger partial charge in [0.15, 0.2) is 11.2 Å². The first-order chi connectivity index (χ1) is 18.0. The van der Waals surface area contributed by atoms with Crippen LogP contribution >= 0.6 is 0 Å². The number of aliphatic hydroxyl groups is 2. The molecule has 0 amide bonds. The van der Waals surface area contributed by atoms with Crippen molar-refractivity contribution in [2.75, 3.05) is 20.7 Å². The van der Waals surface area contributed by atoms with E-state index in [2.05, 4.69) is 43.5 Å². The first kappa shape index (κ1) is 27.6. The van der Waals surface area contributed by atoms with Crippen LogP contribution in [0.5, 0.6) is 0 Å². The highest BCUT2D eigenvalue weighted by molar-refractivity contribution is 5.57. The fourth-order valence-corrected chi connectivity index (χ4v) is 6.04. The second-order valence-electron chi connectivity index (χ2n) is 11.2. The van der Waals surface area contributed by atoms with Crippen LogP contribution < -0.4 is 0 Å². The Hall–Kier alpha value is -3.44. The number of ether oxygens (including phenoxy) is 2. The second kappa shape index (κ2) is 10.0. The molecule has 7 heteroatoms. The Labute approximate surface area is 225 Å². The summed E-state index contributed by atoms with van der Waals surface area (Å²) in [5.41, 5.74) is -1.15. The molecule has 1 heterocycles. The van der Waals surface area contributed by atoms with E-state index < -0.39 is 29.1 Å². The molecule has 2 aliphatic rings. The summed E-state index contributed by atoms with van der Waals surface area (Å²) in [6.45, 7) is 12.2. The standard InChI is InChI=1S/C31H37N3O4/c1-20(37-7)26-25(18-33-5)38-31(23-15-13-21(17-32)14-16-23)27(22-11-9-8-10-12-22)24(28(35)30(26,31)36)19-34(6)29(2,3)4/h8-16,18,24,27-28,35-36H,5,19H2,1-4,6-7H3/b25-18+,26-20-/t24-,27-,28-,30+,31+/m1/s1. The van der Waals surface area contributed by atoms with Crippen LogP contribution in [0.4, 0.5) is 0 Å². The predicted octanol–water partition coefficient (Wildman–Crippen LogP) is 4.48. The second-order valence-corrected chi connectivity index (χ2v) is 11.2. The van der Waals surface area contributed by atoms with Gasteiger partial charge in [0.25, 0.3) is 0 Å². The van der Waals surface area contributed by atoms with Gasteiger partial charge in [-0.25, -0.2) is 0 Å². The van der Waals surface area contributed by atoms with E-state index in [0.29, 0.717) is 29.0 Å². The minimum atomic E-state index is -1.90. The number of allylic oxidation sites excluding steroid dienone is 1. The van der Waals surface area contributed by atoms with Gasteiger partial charge in [-0.05, 0) is 64.7 Å². The molecule has 2 N–H and O–H groups in total. The molecule has 2 aromatic carbocycles. The van der Waals surface area contributed by atoms with Gasteiger partial charge in [-0.2, -0.15) is 5.26 Å². The predicted molar refractivity (Wildman–Crippen MR) is 147 cm³/mol. The van der Waals surface area contributed by atoms with E-state index in [1.807, 2.05) is 37.4 Å². The van der Waals surface area contributed by atoms with Gasteiger partial charge >= 0.3 is 0 Å². The van der Waals surface area contributed by atoms with Gasteiger partial charge in [-0.15, -0.1) is 0 Å². The molecule has 0 aromatic heterocycles. The highest BCUT2D eigenvalue weighted by Gasteiger charge is 2.77. The third-order valence-corrected chi connectivity index (χ3v) is 8.26. The average Bonchev–Trinajstić information content (AvgIpc) is 3.26. The van der Waals surface area contributed by atoms with Gasteiger partial charge in [0, 0.05) is 23.9 Å². The number of rotatable bonds is 6. The third kappa shape index (κ3) is 4.04. The van der Waals surface area contributed by atoms with E-state index in [9.17, 15) is 15.5 Å². The summed E-state index contributed by atoms with van der Waals surface area (Å²) in [6.07, 6.45) is 0.217. The van der Waals surface area contributed by atoms with Crippen molar-refractivity contribution in [3.8, 4) is 6.07 Å². The first-order valence-electron chi connectivity index (χ1n) is 12.7. The summed E-state index contributed by atoms with van der Waals surface area (Å²) in [5, 5.41) is 34.6. The quantitative estimate of drug-likeness (QED) is 0.435. The van der Waals surface area contributed by atoms with Crippen LogP contribution in [0, 0.1) is 17.2 Å². The lowest BCUT2D eigenvalue weighted by atomic mass is 9.70. The third-order valence-electron chi connectivity index (χ3n) is 8.26. The van der Waals surface area contributed by atoms with Crippen molar-refractivity contribution in [2.45, 2.75) is 56.5 Å². The van der Waals surface area contributed by atoms with Crippen molar-refractivity contribution >= 4 is 6.72 Å². The van der Waals surface area contributed by atoms with Gasteiger partial charge in [0.05, 0.1) is 36.6 Å². The van der Waals surface area contributed by atoms with Crippen LogP contribution in [-0.4, -0.2) is 59.8 Å². The molecule has 1 saturated carbocycles. The Balaban J connectivity index is 2.10. The Morgan fingerprint density at radius 3 is 2.37 bits per heavy atom. The molecule has 1 aliphatic heterocycles. The lowest BCUT2D eigenvalue weighted by Crippen LogP contribution is -2.53. The van der Waals surface area contributed by atoms with Crippen molar-refractivity contribution in [1.82, 2.24) is 4.90 Å². The molecule has 2 aromatic rings. The number of hydrogen-bond acceptors (Lipinski definition) is 7. The SMILES string of the molecule is C=N/C=C1/O[C@@]2(c3ccc(C#N)cc3)[C@H](c3ccccc3)[C@@H](CN(C)C(C)(C)C)[C@@H](O)[C@@]2(O)/C1=C(/C)OC. The lowest BCUT2D eigenvalue weighted by molar-refractivity contribution is -0.131. The molecule has 1 saturated heterocycles. The van der Waals surface area contributed by atoms with Crippen molar-refractivity contribution in [1.29, 1.82) is 5.26 Å². The molecular formula is C31H37N3O4. The number of hydrogen-bond donors (Lipinski definition) is 2. The fraction of sp³-hybridized carbons (Fsp3) is 0.419. The van der Waals surface area contributed by atoms with Crippen molar-refractivity contribution in [2.24, 2.45) is 10.9 Å². The van der Waals surface area contributed by atoms with Gasteiger partial charge in [0.2, 0.25) is 0 Å². The van der Waals surface area contributed by atoms with Crippen molar-refractivity contribution in [3.63, 3.8) is 0 Å². The number of methoxy groups -OCH3 is 1. The number of fused-ring (bicyclic) bond motifs is 1. The molecule has 0 bridgehead atoms. The minimum Gasteiger partial charge on any atom is -0.501 e. The largest absolute Gasteiger partial charge is 0.501 e. The van der Waals surface area contributed by atoms with E-state index in [-0.39, 0.29) is 11.3 Å². The molecule has 0 spiro atoms. The first-order valence-corrected chi connectivity index (χ1v) is 12.7. The Bertz CT molecular complexity index is 1290. The molecule has 4 rings (SSSR count). The Kier molecular flexibility index (Phi) is 7.28. The topological polar surface area (TPSA) is 98.3 Å². The number of nitrogens with zero attached hydrogens (tertiary/aromatic N) is 3. The molecule has 7 nitrogen and oxygen atoms in total. The monoisotopic (exact) mass is 515 g/mol. The van der Waals surface area contributed by atoms with Gasteiger partial charge in [-0.3, -0.25) is 4.99 Å². The van der Waals surface area contributed by atoms with Crippen molar-refractivity contribution < 1.29 is 19.7 Å². The maximum Gasteiger partial charge on any atom is 0.177 e. The van der Waals surface area contributed by atoms with Crippen LogP contribution in [0.25, 0.3) is 0 Å². The molecule has 5 atom stereocenters. The molecule has 200 valence electrons. The Morgan fingerprint density at radius 2 is 1.84 bits per heavy atom. The van der Waals surface area contributed by atoms with Crippen LogP contribution in [0.1, 0.15) is 50.3 Å². The average molecular weight is 516 g/mol.